The number of halogens is 3. The zero-order chi connectivity index (χ0) is 27.6. The molecule has 12 heteroatoms. The van der Waals surface area contributed by atoms with E-state index in [0.29, 0.717) is 18.5 Å². The maximum absolute atomic E-state index is 13.6. The molecule has 2 aromatic rings. The first-order valence-corrected chi connectivity index (χ1v) is 12.8. The van der Waals surface area contributed by atoms with Gasteiger partial charge in [-0.15, -0.1) is 0 Å². The van der Waals surface area contributed by atoms with Gasteiger partial charge >= 0.3 is 5.69 Å². The lowest BCUT2D eigenvalue weighted by atomic mass is 9.98. The Morgan fingerprint density at radius 1 is 1.03 bits per heavy atom. The van der Waals surface area contributed by atoms with Crippen molar-refractivity contribution in [2.45, 2.75) is 64.1 Å². The normalized spacial score (nSPS) is 19.9. The first kappa shape index (κ1) is 27.6. The molecule has 206 valence electrons. The van der Waals surface area contributed by atoms with Crippen molar-refractivity contribution in [2.24, 2.45) is 0 Å². The second kappa shape index (κ2) is 11.1. The lowest BCUT2D eigenvalue weighted by Gasteiger charge is -2.39. The van der Waals surface area contributed by atoms with Crippen LogP contribution in [0.4, 0.5) is 19.0 Å². The number of likely N-dealkylation sites (tertiary alicyclic amines) is 2. The highest BCUT2D eigenvalue weighted by atomic mass is 19.3. The average Bonchev–Trinajstić information content (AvgIpc) is 2.88. The number of aromatic nitrogens is 2. The van der Waals surface area contributed by atoms with E-state index in [1.54, 1.807) is 11.8 Å². The Balaban J connectivity index is 1.61. The predicted octanol–water partition coefficient (Wildman–Crippen LogP) is 2.09. The smallest absolute Gasteiger partial charge is 0.332 e. The van der Waals surface area contributed by atoms with Crippen LogP contribution in [0, 0.1) is 5.82 Å². The van der Waals surface area contributed by atoms with Crippen LogP contribution in [0.5, 0.6) is 0 Å². The first-order valence-electron chi connectivity index (χ1n) is 12.8. The summed E-state index contributed by atoms with van der Waals surface area (Å²) in [5.74, 6) is -4.46. The molecule has 0 bridgehead atoms. The van der Waals surface area contributed by atoms with E-state index < -0.39 is 47.7 Å². The number of benzene rings is 1. The molecule has 0 unspecified atom stereocenters. The highest BCUT2D eigenvalue weighted by Gasteiger charge is 2.39. The molecule has 0 aliphatic carbocycles. The Kier molecular flexibility index (Phi) is 8.10. The summed E-state index contributed by atoms with van der Waals surface area (Å²) in [7, 11) is 0. The van der Waals surface area contributed by atoms with Crippen molar-refractivity contribution in [3.05, 3.63) is 62.0 Å². The molecule has 4 rings (SSSR count). The fourth-order valence-corrected chi connectivity index (χ4v) is 5.17. The molecule has 1 aromatic heterocycles. The van der Waals surface area contributed by atoms with Crippen LogP contribution in [0.1, 0.15) is 54.9 Å². The molecular weight excluding hydrogens is 503 g/mol. The molecule has 38 heavy (non-hydrogen) atoms. The molecule has 2 aliphatic rings. The van der Waals surface area contributed by atoms with Crippen molar-refractivity contribution in [1.29, 1.82) is 0 Å². The van der Waals surface area contributed by atoms with E-state index >= 15 is 0 Å². The number of rotatable bonds is 7. The summed E-state index contributed by atoms with van der Waals surface area (Å²) in [5.41, 5.74) is 4.92. The average molecular weight is 536 g/mol. The van der Waals surface area contributed by atoms with Crippen LogP contribution in [0.25, 0.3) is 0 Å². The SMILES string of the molecule is CCn1c(=O)c(C(=O)CN2CCCC[C@@H]2C(=O)N2CCC(F)(F)CC2)c(N)n(Cc2ccc(F)cc2)c1=O. The van der Waals surface area contributed by atoms with Crippen molar-refractivity contribution >= 4 is 17.5 Å². The summed E-state index contributed by atoms with van der Waals surface area (Å²) in [6.45, 7) is 1.57. The Bertz CT molecular complexity index is 1310. The van der Waals surface area contributed by atoms with Crippen LogP contribution in [0.15, 0.2) is 33.9 Å². The predicted molar refractivity (Wildman–Crippen MR) is 135 cm³/mol. The van der Waals surface area contributed by atoms with Gasteiger partial charge < -0.3 is 10.6 Å². The number of nitrogen functional groups attached to an aromatic ring is 1. The molecule has 9 nitrogen and oxygen atoms in total. The second-order valence-electron chi connectivity index (χ2n) is 9.89. The number of hydrogen-bond acceptors (Lipinski definition) is 6. The van der Waals surface area contributed by atoms with Crippen LogP contribution in [0.2, 0.25) is 0 Å². The summed E-state index contributed by atoms with van der Waals surface area (Å²) >= 11 is 0. The summed E-state index contributed by atoms with van der Waals surface area (Å²) in [6.07, 6.45) is 1.16. The molecular formula is C26H32F3N5O4. The zero-order valence-electron chi connectivity index (χ0n) is 21.3. The number of Topliss-reactive ketones (excluding diaryl/α,β-unsaturated/α-hetero) is 1. The minimum Gasteiger partial charge on any atom is -0.384 e. The summed E-state index contributed by atoms with van der Waals surface area (Å²) in [6, 6.07) is 4.75. The summed E-state index contributed by atoms with van der Waals surface area (Å²) in [5, 5.41) is 0. The topological polar surface area (TPSA) is 111 Å². The van der Waals surface area contributed by atoms with Crippen LogP contribution in [-0.2, 0) is 17.9 Å². The number of anilines is 1. The number of carbonyl (C=O) groups is 2. The van der Waals surface area contributed by atoms with E-state index in [0.717, 1.165) is 22.0 Å². The summed E-state index contributed by atoms with van der Waals surface area (Å²) in [4.78, 5) is 55.9. The number of amides is 1. The Morgan fingerprint density at radius 3 is 2.32 bits per heavy atom. The standard InChI is InChI=1S/C26H32F3N5O4/c1-2-33-24(37)21(22(30)34(25(33)38)15-17-6-8-18(27)9-7-17)20(35)16-32-12-4-3-5-19(32)23(36)31-13-10-26(28,29)11-14-31/h6-9,19H,2-5,10-16,30H2,1H3/t19-/m1/s1. The molecule has 2 N–H and O–H groups in total. The van der Waals surface area contributed by atoms with Gasteiger partial charge in [0.15, 0.2) is 5.78 Å². The highest BCUT2D eigenvalue weighted by molar-refractivity contribution is 6.01. The largest absolute Gasteiger partial charge is 0.384 e. The minimum atomic E-state index is -2.79. The number of ketones is 1. The highest BCUT2D eigenvalue weighted by Crippen LogP contribution is 2.29. The number of nitrogens with zero attached hydrogens (tertiary/aromatic N) is 4. The van der Waals surface area contributed by atoms with Crippen molar-refractivity contribution in [1.82, 2.24) is 18.9 Å². The van der Waals surface area contributed by atoms with Gasteiger partial charge in [0.25, 0.3) is 11.5 Å². The molecule has 2 fully saturated rings. The van der Waals surface area contributed by atoms with E-state index in [4.69, 9.17) is 5.73 Å². The number of hydrogen-bond donors (Lipinski definition) is 1. The molecule has 2 saturated heterocycles. The van der Waals surface area contributed by atoms with Gasteiger partial charge in [-0.1, -0.05) is 18.6 Å². The molecule has 0 radical (unpaired) electrons. The molecule has 1 atom stereocenters. The minimum absolute atomic E-state index is 0.00602. The van der Waals surface area contributed by atoms with Gasteiger partial charge in [-0.25, -0.2) is 18.0 Å². The number of piperidine rings is 2. The third-order valence-electron chi connectivity index (χ3n) is 7.37. The van der Waals surface area contributed by atoms with Crippen LogP contribution in [0.3, 0.4) is 0 Å². The maximum Gasteiger partial charge on any atom is 0.332 e. The lowest BCUT2D eigenvalue weighted by Crippen LogP contribution is -2.55. The Hall–Kier alpha value is -3.41. The van der Waals surface area contributed by atoms with E-state index in [9.17, 15) is 32.3 Å². The van der Waals surface area contributed by atoms with Gasteiger partial charge in [0, 0.05) is 32.5 Å². The van der Waals surface area contributed by atoms with Crippen molar-refractivity contribution in [3.8, 4) is 0 Å². The fourth-order valence-electron chi connectivity index (χ4n) is 5.17. The molecule has 2 aliphatic heterocycles. The van der Waals surface area contributed by atoms with Crippen LogP contribution < -0.4 is 17.0 Å². The number of nitrogens with two attached hydrogens (primary N) is 1. The van der Waals surface area contributed by atoms with Gasteiger partial charge in [-0.05, 0) is 44.0 Å². The fraction of sp³-hybridized carbons (Fsp3) is 0.538. The van der Waals surface area contributed by atoms with Crippen molar-refractivity contribution in [2.75, 3.05) is 31.9 Å². The van der Waals surface area contributed by atoms with Gasteiger partial charge in [0.05, 0.1) is 19.1 Å². The summed E-state index contributed by atoms with van der Waals surface area (Å²) < 4.78 is 42.6. The van der Waals surface area contributed by atoms with E-state index in [2.05, 4.69) is 0 Å². The quantitative estimate of drug-likeness (QED) is 0.544. The lowest BCUT2D eigenvalue weighted by molar-refractivity contribution is -0.143. The van der Waals surface area contributed by atoms with Gasteiger partial charge in [0.2, 0.25) is 5.91 Å². The zero-order valence-corrected chi connectivity index (χ0v) is 21.3. The Labute approximate surface area is 217 Å². The van der Waals surface area contributed by atoms with E-state index in [1.165, 1.54) is 29.2 Å². The van der Waals surface area contributed by atoms with Crippen molar-refractivity contribution < 1.29 is 22.8 Å². The molecule has 3 heterocycles. The molecule has 0 spiro atoms. The first-order chi connectivity index (χ1) is 18.0. The maximum atomic E-state index is 13.6. The van der Waals surface area contributed by atoms with Crippen LogP contribution >= 0.6 is 0 Å². The third kappa shape index (κ3) is 5.69. The Morgan fingerprint density at radius 2 is 1.68 bits per heavy atom. The van der Waals surface area contributed by atoms with E-state index in [-0.39, 0.29) is 50.0 Å². The van der Waals surface area contributed by atoms with E-state index in [1.807, 2.05) is 0 Å². The second-order valence-corrected chi connectivity index (χ2v) is 9.89. The number of alkyl halides is 2. The van der Waals surface area contributed by atoms with Crippen LogP contribution in [-0.4, -0.2) is 68.8 Å². The van der Waals surface area contributed by atoms with Crippen molar-refractivity contribution in [3.63, 3.8) is 0 Å². The molecule has 0 saturated carbocycles. The number of carbonyl (C=O) groups excluding carboxylic acids is 2. The molecule has 1 aromatic carbocycles. The van der Waals surface area contributed by atoms with Gasteiger partial charge in [-0.2, -0.15) is 0 Å². The van der Waals surface area contributed by atoms with Gasteiger partial charge in [0.1, 0.15) is 17.2 Å². The monoisotopic (exact) mass is 535 g/mol. The molecule has 1 amide bonds. The third-order valence-corrected chi connectivity index (χ3v) is 7.37. The van der Waals surface area contributed by atoms with Gasteiger partial charge in [-0.3, -0.25) is 28.4 Å².